The van der Waals surface area contributed by atoms with Crippen LogP contribution in [0.1, 0.15) is 5.56 Å². The Bertz CT molecular complexity index is 900. The van der Waals surface area contributed by atoms with Gasteiger partial charge in [0.05, 0.1) is 4.92 Å². The second kappa shape index (κ2) is 5.69. The monoisotopic (exact) mass is 297 g/mol. The summed E-state index contributed by atoms with van der Waals surface area (Å²) in [5.74, 6) is 0.522. The van der Waals surface area contributed by atoms with Crippen molar-refractivity contribution in [3.8, 4) is 5.75 Å². The molecule has 2 aromatic carbocycles. The third kappa shape index (κ3) is 2.95. The molecule has 6 heteroatoms. The van der Waals surface area contributed by atoms with Gasteiger partial charge in [-0.1, -0.05) is 12.1 Å². The molecule has 0 spiro atoms. The zero-order chi connectivity index (χ0) is 15.5. The molecule has 3 aromatic rings. The molecule has 0 saturated heterocycles. The fourth-order valence-corrected chi connectivity index (χ4v) is 2.06. The van der Waals surface area contributed by atoms with Crippen LogP contribution in [-0.4, -0.2) is 4.92 Å². The molecule has 0 fully saturated rings. The van der Waals surface area contributed by atoms with Crippen molar-refractivity contribution in [2.45, 2.75) is 6.61 Å². The average Bonchev–Trinajstić information content (AvgIpc) is 2.52. The summed E-state index contributed by atoms with van der Waals surface area (Å²) in [4.78, 5) is 21.5. The SMILES string of the molecule is O=c1ccc2ccc(OCc3cccc([N+](=O)[O-])c3)cc2o1. The van der Waals surface area contributed by atoms with Gasteiger partial charge in [0.1, 0.15) is 17.9 Å². The highest BCUT2D eigenvalue weighted by atomic mass is 16.6. The second-order valence-electron chi connectivity index (χ2n) is 4.67. The van der Waals surface area contributed by atoms with Crippen LogP contribution in [0.4, 0.5) is 5.69 Å². The van der Waals surface area contributed by atoms with Gasteiger partial charge >= 0.3 is 5.63 Å². The summed E-state index contributed by atoms with van der Waals surface area (Å²) < 4.78 is 10.7. The first-order valence-electron chi connectivity index (χ1n) is 6.52. The number of nitrogens with zero attached hydrogens (tertiary/aromatic N) is 1. The Kier molecular flexibility index (Phi) is 3.57. The van der Waals surface area contributed by atoms with E-state index < -0.39 is 10.5 Å². The minimum Gasteiger partial charge on any atom is -0.489 e. The van der Waals surface area contributed by atoms with Crippen LogP contribution in [0.2, 0.25) is 0 Å². The highest BCUT2D eigenvalue weighted by Gasteiger charge is 2.06. The first-order chi connectivity index (χ1) is 10.6. The van der Waals surface area contributed by atoms with Crippen LogP contribution in [0.5, 0.6) is 5.75 Å². The van der Waals surface area contributed by atoms with Gasteiger partial charge in [0.25, 0.3) is 5.69 Å². The first kappa shape index (κ1) is 13.8. The lowest BCUT2D eigenvalue weighted by Crippen LogP contribution is -1.98. The van der Waals surface area contributed by atoms with Gasteiger partial charge in [-0.15, -0.1) is 0 Å². The summed E-state index contributed by atoms with van der Waals surface area (Å²) in [6, 6.07) is 14.4. The molecule has 0 N–H and O–H groups in total. The van der Waals surface area contributed by atoms with Crippen molar-refractivity contribution in [1.82, 2.24) is 0 Å². The Morgan fingerprint density at radius 1 is 1.09 bits per heavy atom. The fourth-order valence-electron chi connectivity index (χ4n) is 2.06. The number of benzene rings is 2. The molecule has 6 nitrogen and oxygen atoms in total. The molecule has 22 heavy (non-hydrogen) atoms. The van der Waals surface area contributed by atoms with E-state index >= 15 is 0 Å². The van der Waals surface area contributed by atoms with Crippen LogP contribution >= 0.6 is 0 Å². The Morgan fingerprint density at radius 2 is 1.91 bits per heavy atom. The van der Waals surface area contributed by atoms with E-state index in [-0.39, 0.29) is 12.3 Å². The predicted octanol–water partition coefficient (Wildman–Crippen LogP) is 3.28. The molecule has 0 unspecified atom stereocenters. The predicted molar refractivity (Wildman–Crippen MR) is 79.9 cm³/mol. The summed E-state index contributed by atoms with van der Waals surface area (Å²) in [5.41, 5.74) is 0.710. The summed E-state index contributed by atoms with van der Waals surface area (Å²) in [5, 5.41) is 11.5. The Hall–Kier alpha value is -3.15. The lowest BCUT2D eigenvalue weighted by atomic mass is 10.2. The number of hydrogen-bond donors (Lipinski definition) is 0. The van der Waals surface area contributed by atoms with E-state index in [0.29, 0.717) is 16.9 Å². The van der Waals surface area contributed by atoms with Crippen molar-refractivity contribution < 1.29 is 14.1 Å². The van der Waals surface area contributed by atoms with Crippen LogP contribution in [0.25, 0.3) is 11.0 Å². The van der Waals surface area contributed by atoms with E-state index in [1.54, 1.807) is 36.4 Å². The van der Waals surface area contributed by atoms with Crippen LogP contribution in [0.3, 0.4) is 0 Å². The third-order valence-electron chi connectivity index (χ3n) is 3.12. The molecule has 0 aliphatic carbocycles. The van der Waals surface area contributed by atoms with E-state index in [1.807, 2.05) is 0 Å². The largest absolute Gasteiger partial charge is 0.489 e. The molecule has 0 radical (unpaired) electrons. The number of rotatable bonds is 4. The maximum atomic E-state index is 11.2. The Labute approximate surface area is 124 Å². The maximum absolute atomic E-state index is 11.2. The minimum absolute atomic E-state index is 0.0191. The molecule has 0 aliphatic heterocycles. The first-order valence-corrected chi connectivity index (χ1v) is 6.52. The zero-order valence-corrected chi connectivity index (χ0v) is 11.4. The molecular formula is C16H11NO5. The molecular weight excluding hydrogens is 286 g/mol. The lowest BCUT2D eigenvalue weighted by Gasteiger charge is -2.06. The highest BCUT2D eigenvalue weighted by molar-refractivity contribution is 5.77. The molecule has 0 bridgehead atoms. The normalized spacial score (nSPS) is 10.5. The summed E-state index contributed by atoms with van der Waals surface area (Å²) in [7, 11) is 0. The van der Waals surface area contributed by atoms with Crippen molar-refractivity contribution in [2.24, 2.45) is 0 Å². The van der Waals surface area contributed by atoms with E-state index in [0.717, 1.165) is 5.39 Å². The summed E-state index contributed by atoms with van der Waals surface area (Å²) >= 11 is 0. The van der Waals surface area contributed by atoms with Gasteiger partial charge in [0.2, 0.25) is 0 Å². The lowest BCUT2D eigenvalue weighted by molar-refractivity contribution is -0.384. The highest BCUT2D eigenvalue weighted by Crippen LogP contribution is 2.21. The third-order valence-corrected chi connectivity index (χ3v) is 3.12. The number of ether oxygens (including phenoxy) is 1. The molecule has 110 valence electrons. The van der Waals surface area contributed by atoms with Gasteiger partial charge in [-0.3, -0.25) is 10.1 Å². The Morgan fingerprint density at radius 3 is 2.73 bits per heavy atom. The van der Waals surface area contributed by atoms with Crippen molar-refractivity contribution in [2.75, 3.05) is 0 Å². The van der Waals surface area contributed by atoms with Crippen molar-refractivity contribution in [1.29, 1.82) is 0 Å². The fraction of sp³-hybridized carbons (Fsp3) is 0.0625. The quantitative estimate of drug-likeness (QED) is 0.419. The average molecular weight is 297 g/mol. The van der Waals surface area contributed by atoms with Gasteiger partial charge < -0.3 is 9.15 Å². The zero-order valence-electron chi connectivity index (χ0n) is 11.4. The van der Waals surface area contributed by atoms with E-state index in [2.05, 4.69) is 0 Å². The molecule has 3 rings (SSSR count). The maximum Gasteiger partial charge on any atom is 0.336 e. The number of nitro benzene ring substituents is 1. The molecule has 1 heterocycles. The summed E-state index contributed by atoms with van der Waals surface area (Å²) in [6.45, 7) is 0.185. The van der Waals surface area contributed by atoms with Gasteiger partial charge in [-0.05, 0) is 23.8 Å². The number of hydrogen-bond acceptors (Lipinski definition) is 5. The number of fused-ring (bicyclic) bond motifs is 1. The van der Waals surface area contributed by atoms with E-state index in [9.17, 15) is 14.9 Å². The van der Waals surface area contributed by atoms with Gasteiger partial charge in [-0.2, -0.15) is 0 Å². The van der Waals surface area contributed by atoms with Gasteiger partial charge in [-0.25, -0.2) is 4.79 Å². The number of non-ortho nitro benzene ring substituents is 1. The van der Waals surface area contributed by atoms with Gasteiger partial charge in [0.15, 0.2) is 0 Å². The van der Waals surface area contributed by atoms with Crippen LogP contribution < -0.4 is 10.4 Å². The smallest absolute Gasteiger partial charge is 0.336 e. The van der Waals surface area contributed by atoms with Gasteiger partial charge in [0, 0.05) is 29.7 Å². The van der Waals surface area contributed by atoms with E-state index in [4.69, 9.17) is 9.15 Å². The number of nitro groups is 1. The molecule has 0 atom stereocenters. The molecule has 0 aliphatic rings. The Balaban J connectivity index is 1.80. The van der Waals surface area contributed by atoms with Crippen LogP contribution in [0, 0.1) is 10.1 Å². The molecule has 1 aromatic heterocycles. The van der Waals surface area contributed by atoms with Crippen molar-refractivity contribution in [3.05, 3.63) is 80.7 Å². The summed E-state index contributed by atoms with van der Waals surface area (Å²) in [6.07, 6.45) is 0. The van der Waals surface area contributed by atoms with Crippen LogP contribution in [-0.2, 0) is 6.61 Å². The second-order valence-corrected chi connectivity index (χ2v) is 4.67. The van der Waals surface area contributed by atoms with E-state index in [1.165, 1.54) is 18.2 Å². The topological polar surface area (TPSA) is 82.6 Å². The minimum atomic E-state index is -0.450. The molecule has 0 saturated carbocycles. The molecule has 0 amide bonds. The van der Waals surface area contributed by atoms with Crippen molar-refractivity contribution in [3.63, 3.8) is 0 Å². The van der Waals surface area contributed by atoms with Crippen LogP contribution in [0.15, 0.2) is 63.8 Å². The van der Waals surface area contributed by atoms with Crippen molar-refractivity contribution >= 4 is 16.7 Å². The standard InChI is InChI=1S/C16H11NO5/c18-16-7-5-12-4-6-14(9-15(12)22-16)21-10-11-2-1-3-13(8-11)17(19)20/h1-9H,10H2.